The fourth-order valence-electron chi connectivity index (χ4n) is 4.27. The van der Waals surface area contributed by atoms with Crippen molar-refractivity contribution in [3.63, 3.8) is 0 Å². The van der Waals surface area contributed by atoms with Crippen molar-refractivity contribution in [3.8, 4) is 5.75 Å². The van der Waals surface area contributed by atoms with Gasteiger partial charge in [0.2, 0.25) is 0 Å². The summed E-state index contributed by atoms with van der Waals surface area (Å²) in [4.78, 5) is 34.3. The third-order valence-corrected chi connectivity index (χ3v) is 5.98. The zero-order valence-corrected chi connectivity index (χ0v) is 20.6. The molecule has 1 aromatic heterocycles. The van der Waals surface area contributed by atoms with Crippen LogP contribution in [0.25, 0.3) is 0 Å². The number of primary amides is 1. The van der Waals surface area contributed by atoms with Gasteiger partial charge in [-0.3, -0.25) is 4.79 Å². The second kappa shape index (κ2) is 10.3. The number of hydrazone groups is 1. The number of hydrogen-bond acceptors (Lipinski definition) is 7. The Morgan fingerprint density at radius 1 is 1.14 bits per heavy atom. The first kappa shape index (κ1) is 25.7. The molecule has 0 aliphatic carbocycles. The molecule has 4 N–H and O–H groups in total. The number of hydrogen-bond donors (Lipinski definition) is 2. The quantitative estimate of drug-likeness (QED) is 0.453. The molecule has 0 radical (unpaired) electrons. The predicted octanol–water partition coefficient (Wildman–Crippen LogP) is 3.09. The molecule has 1 atom stereocenters. The number of amides is 3. The summed E-state index contributed by atoms with van der Waals surface area (Å²) in [5, 5.41) is 5.51. The number of nitrogens with two attached hydrogens (primary N) is 2. The molecule has 4 rings (SSSR count). The average molecular weight is 512 g/mol. The zero-order valence-electron chi connectivity index (χ0n) is 20.6. The molecule has 1 fully saturated rings. The van der Waals surface area contributed by atoms with Gasteiger partial charge < -0.3 is 21.1 Å². The third kappa shape index (κ3) is 5.57. The van der Waals surface area contributed by atoms with Gasteiger partial charge >= 0.3 is 6.03 Å². The Morgan fingerprint density at radius 3 is 2.51 bits per heavy atom. The Morgan fingerprint density at radius 2 is 1.86 bits per heavy atom. The van der Waals surface area contributed by atoms with Gasteiger partial charge in [0, 0.05) is 24.4 Å². The summed E-state index contributed by atoms with van der Waals surface area (Å²) in [5.74, 6) is -1.81. The number of likely N-dealkylation sites (tertiary alicyclic amines) is 1. The van der Waals surface area contributed by atoms with E-state index in [0.29, 0.717) is 12.0 Å². The van der Waals surface area contributed by atoms with E-state index in [0.717, 1.165) is 11.8 Å². The standard InChI is InChI=1S/C25H27F2N7O3/c1-13-6-16(8-17(26)7-13)20-4-5-31-34(20)25(36)33-11-18(12-33)37-21-9-22(30-10-19(21)27)32-15(3)23(14(2)28)24(29)35/h5-10,18,20H,4,11-12,28H2,1-3H3,(H2,29,35)/t20-/m0/s1. The molecule has 10 nitrogen and oxygen atoms in total. The number of benzene rings is 1. The third-order valence-electron chi connectivity index (χ3n) is 5.98. The van der Waals surface area contributed by atoms with E-state index >= 15 is 0 Å². The highest BCUT2D eigenvalue weighted by molar-refractivity contribution is 6.21. The SMILES string of the molecule is CC(=Nc1cc(OC2CN(C(=O)N3N=CC[C@H]3c3cc(C)cc(F)c3)C2)c(F)cn1)C(C(N)=O)=C(C)N. The van der Waals surface area contributed by atoms with Crippen LogP contribution in [0, 0.1) is 18.6 Å². The topological polar surface area (TPSA) is 140 Å². The minimum absolute atomic E-state index is 0.0537. The number of rotatable bonds is 6. The van der Waals surface area contributed by atoms with Crippen molar-refractivity contribution in [2.45, 2.75) is 39.3 Å². The first-order valence-electron chi connectivity index (χ1n) is 11.5. The van der Waals surface area contributed by atoms with Gasteiger partial charge in [0.15, 0.2) is 17.4 Å². The molecule has 194 valence electrons. The minimum Gasteiger partial charge on any atom is -0.483 e. The van der Waals surface area contributed by atoms with Crippen LogP contribution in [0.15, 0.2) is 51.8 Å². The number of aliphatic imine (C=N–C) groups is 1. The van der Waals surface area contributed by atoms with Crippen molar-refractivity contribution in [2.75, 3.05) is 13.1 Å². The zero-order chi connectivity index (χ0) is 26.9. The van der Waals surface area contributed by atoms with Gasteiger partial charge in [0.25, 0.3) is 5.91 Å². The number of aromatic nitrogens is 1. The number of carbonyl (C=O) groups is 2. The summed E-state index contributed by atoms with van der Waals surface area (Å²) in [6.07, 6.45) is 2.59. The van der Waals surface area contributed by atoms with Crippen molar-refractivity contribution >= 4 is 29.7 Å². The van der Waals surface area contributed by atoms with Gasteiger partial charge in [0.1, 0.15) is 11.9 Å². The van der Waals surface area contributed by atoms with Crippen molar-refractivity contribution in [2.24, 2.45) is 21.6 Å². The summed E-state index contributed by atoms with van der Waals surface area (Å²) in [6, 6.07) is 5.20. The lowest BCUT2D eigenvalue weighted by atomic mass is 10.0. The highest BCUT2D eigenvalue weighted by atomic mass is 19.1. The van der Waals surface area contributed by atoms with Crippen molar-refractivity contribution in [3.05, 3.63) is 64.5 Å². The van der Waals surface area contributed by atoms with Crippen LogP contribution < -0.4 is 16.2 Å². The fourth-order valence-corrected chi connectivity index (χ4v) is 4.27. The van der Waals surface area contributed by atoms with Crippen LogP contribution in [-0.4, -0.2) is 58.0 Å². The molecule has 2 aliphatic heterocycles. The number of nitrogens with zero attached hydrogens (tertiary/aromatic N) is 5. The molecular formula is C25H27F2N7O3. The van der Waals surface area contributed by atoms with Crippen LogP contribution in [0.4, 0.5) is 19.4 Å². The van der Waals surface area contributed by atoms with E-state index < -0.39 is 23.9 Å². The lowest BCUT2D eigenvalue weighted by Crippen LogP contribution is -2.58. The molecule has 2 aliphatic rings. The lowest BCUT2D eigenvalue weighted by Gasteiger charge is -2.41. The minimum atomic E-state index is -0.740. The van der Waals surface area contributed by atoms with Crippen LogP contribution >= 0.6 is 0 Å². The summed E-state index contributed by atoms with van der Waals surface area (Å²) in [6.45, 7) is 5.26. The van der Waals surface area contributed by atoms with Crippen LogP contribution in [-0.2, 0) is 4.79 Å². The second-order valence-corrected chi connectivity index (χ2v) is 8.98. The number of allylic oxidation sites excluding steroid dienone is 1. The fraction of sp³-hybridized carbons (Fsp3) is 0.320. The monoisotopic (exact) mass is 511 g/mol. The molecule has 1 saturated heterocycles. The van der Waals surface area contributed by atoms with Crippen molar-refractivity contribution in [1.29, 1.82) is 0 Å². The van der Waals surface area contributed by atoms with Gasteiger partial charge in [-0.05, 0) is 44.0 Å². The van der Waals surface area contributed by atoms with E-state index in [4.69, 9.17) is 16.2 Å². The second-order valence-electron chi connectivity index (χ2n) is 8.98. The van der Waals surface area contributed by atoms with Crippen molar-refractivity contribution in [1.82, 2.24) is 14.9 Å². The number of ether oxygens (including phenoxy) is 1. The molecule has 1 aromatic carbocycles. The normalized spacial score (nSPS) is 18.5. The first-order valence-corrected chi connectivity index (χ1v) is 11.5. The van der Waals surface area contributed by atoms with Gasteiger partial charge in [-0.25, -0.2) is 28.6 Å². The van der Waals surface area contributed by atoms with Crippen molar-refractivity contribution < 1.29 is 23.1 Å². The molecule has 37 heavy (non-hydrogen) atoms. The number of halogens is 2. The molecule has 0 saturated carbocycles. The van der Waals surface area contributed by atoms with Crippen LogP contribution in [0.3, 0.4) is 0 Å². The number of urea groups is 1. The van der Waals surface area contributed by atoms with E-state index in [1.54, 1.807) is 13.1 Å². The number of pyridine rings is 1. The lowest BCUT2D eigenvalue weighted by molar-refractivity contribution is -0.114. The number of aryl methyl sites for hydroxylation is 1. The van der Waals surface area contributed by atoms with Gasteiger partial charge in [-0.2, -0.15) is 5.10 Å². The van der Waals surface area contributed by atoms with Gasteiger partial charge in [-0.15, -0.1) is 0 Å². The predicted molar refractivity (Wildman–Crippen MR) is 133 cm³/mol. The highest BCUT2D eigenvalue weighted by Gasteiger charge is 2.39. The molecule has 12 heteroatoms. The smallest absolute Gasteiger partial charge is 0.341 e. The Bertz CT molecular complexity index is 1310. The molecular weight excluding hydrogens is 484 g/mol. The molecule has 3 amide bonds. The molecule has 2 aromatic rings. The largest absolute Gasteiger partial charge is 0.483 e. The molecule has 3 heterocycles. The van der Waals surface area contributed by atoms with E-state index in [-0.39, 0.29) is 53.5 Å². The Balaban J connectivity index is 1.41. The van der Waals surface area contributed by atoms with E-state index in [1.165, 1.54) is 42.0 Å². The average Bonchev–Trinajstić information content (AvgIpc) is 3.26. The van der Waals surface area contributed by atoms with E-state index in [9.17, 15) is 18.4 Å². The molecule has 0 spiro atoms. The molecule has 0 unspecified atom stereocenters. The van der Waals surface area contributed by atoms with Crippen LogP contribution in [0.1, 0.15) is 37.4 Å². The maximum atomic E-state index is 14.4. The summed E-state index contributed by atoms with van der Waals surface area (Å²) >= 11 is 0. The van der Waals surface area contributed by atoms with Gasteiger partial charge in [-0.1, -0.05) is 6.07 Å². The van der Waals surface area contributed by atoms with Crippen LogP contribution in [0.2, 0.25) is 0 Å². The summed E-state index contributed by atoms with van der Waals surface area (Å²) < 4.78 is 34.0. The Hall–Kier alpha value is -4.35. The van der Waals surface area contributed by atoms with Crippen LogP contribution in [0.5, 0.6) is 5.75 Å². The first-order chi connectivity index (χ1) is 17.5. The maximum Gasteiger partial charge on any atom is 0.341 e. The van der Waals surface area contributed by atoms with E-state index in [2.05, 4.69) is 15.1 Å². The highest BCUT2D eigenvalue weighted by Crippen LogP contribution is 2.32. The molecule has 0 bridgehead atoms. The Kier molecular flexibility index (Phi) is 7.18. The Labute approximate surface area is 212 Å². The van der Waals surface area contributed by atoms with Gasteiger partial charge in [0.05, 0.1) is 36.6 Å². The number of carbonyl (C=O) groups excluding carboxylic acids is 2. The summed E-state index contributed by atoms with van der Waals surface area (Å²) in [7, 11) is 0. The van der Waals surface area contributed by atoms with E-state index in [1.807, 2.05) is 6.07 Å². The maximum absolute atomic E-state index is 14.4. The summed E-state index contributed by atoms with van der Waals surface area (Å²) in [5.41, 5.74) is 13.0.